The van der Waals surface area contributed by atoms with Crippen molar-refractivity contribution in [2.24, 2.45) is 0 Å². The second-order valence-corrected chi connectivity index (χ2v) is 3.41. The van der Waals surface area contributed by atoms with Crippen LogP contribution in [0.4, 0.5) is 8.78 Å². The van der Waals surface area contributed by atoms with Gasteiger partial charge in [-0.25, -0.2) is 0 Å². The van der Waals surface area contributed by atoms with E-state index >= 15 is 0 Å². The smallest absolute Gasteiger partial charge is 0.305 e. The molecule has 1 aromatic heterocycles. The maximum Gasteiger partial charge on any atom is 0.305 e. The summed E-state index contributed by atoms with van der Waals surface area (Å²) in [5.41, 5.74) is -0.237. The van der Waals surface area contributed by atoms with E-state index < -0.39 is 12.0 Å². The number of benzene rings is 1. The highest BCUT2D eigenvalue weighted by Crippen LogP contribution is 2.40. The van der Waals surface area contributed by atoms with Crippen molar-refractivity contribution in [2.75, 3.05) is 0 Å². The van der Waals surface area contributed by atoms with Crippen molar-refractivity contribution in [2.45, 2.75) is 12.0 Å². The Morgan fingerprint density at radius 1 is 1.06 bits per heavy atom. The lowest BCUT2D eigenvalue weighted by Crippen LogP contribution is -2.23. The van der Waals surface area contributed by atoms with Crippen molar-refractivity contribution in [3.8, 4) is 0 Å². The maximum absolute atomic E-state index is 13.8. The third-order valence-electron chi connectivity index (χ3n) is 2.31. The second-order valence-electron chi connectivity index (χ2n) is 3.41. The molecular weight excluding hydrogens is 214 g/mol. The highest BCUT2D eigenvalue weighted by atomic mass is 19.3. The molecule has 0 radical (unpaired) electrons. The molecular formula is C12H10F2O2. The Morgan fingerprint density at radius 3 is 2.31 bits per heavy atom. The number of rotatable bonds is 3. The fourth-order valence-electron chi connectivity index (χ4n) is 1.44. The van der Waals surface area contributed by atoms with Crippen LogP contribution in [0.2, 0.25) is 0 Å². The molecule has 4 heteroatoms. The molecule has 2 rings (SSSR count). The van der Waals surface area contributed by atoms with E-state index in [9.17, 15) is 13.9 Å². The van der Waals surface area contributed by atoms with Crippen LogP contribution < -0.4 is 0 Å². The molecule has 0 amide bonds. The summed E-state index contributed by atoms with van der Waals surface area (Å²) in [6, 6.07) is 9.95. The van der Waals surface area contributed by atoms with Gasteiger partial charge >= 0.3 is 5.92 Å². The minimum absolute atomic E-state index is 0.145. The Bertz CT molecular complexity index is 437. The van der Waals surface area contributed by atoms with Crippen molar-refractivity contribution in [3.05, 3.63) is 60.1 Å². The molecule has 2 aromatic rings. The zero-order chi connectivity index (χ0) is 11.6. The lowest BCUT2D eigenvalue weighted by molar-refractivity contribution is -0.125. The summed E-state index contributed by atoms with van der Waals surface area (Å²) in [4.78, 5) is 0. The van der Waals surface area contributed by atoms with Gasteiger partial charge in [-0.3, -0.25) is 0 Å². The first-order valence-corrected chi connectivity index (χ1v) is 4.77. The molecule has 0 bridgehead atoms. The predicted molar refractivity (Wildman–Crippen MR) is 54.0 cm³/mol. The molecule has 1 aromatic carbocycles. The van der Waals surface area contributed by atoms with Gasteiger partial charge in [-0.1, -0.05) is 30.3 Å². The molecule has 84 valence electrons. The third-order valence-corrected chi connectivity index (χ3v) is 2.31. The van der Waals surface area contributed by atoms with Gasteiger partial charge in [0, 0.05) is 5.56 Å². The molecule has 0 aliphatic carbocycles. The van der Waals surface area contributed by atoms with Crippen LogP contribution in [0, 0.1) is 0 Å². The molecule has 1 atom stereocenters. The maximum atomic E-state index is 13.8. The molecule has 0 aliphatic heterocycles. The van der Waals surface area contributed by atoms with Crippen LogP contribution in [-0.2, 0) is 5.92 Å². The van der Waals surface area contributed by atoms with Gasteiger partial charge in [0.15, 0.2) is 6.10 Å². The van der Waals surface area contributed by atoms with Crippen LogP contribution in [0.1, 0.15) is 17.4 Å². The highest BCUT2D eigenvalue weighted by molar-refractivity contribution is 5.23. The molecule has 0 aliphatic rings. The van der Waals surface area contributed by atoms with Gasteiger partial charge < -0.3 is 9.52 Å². The van der Waals surface area contributed by atoms with E-state index in [4.69, 9.17) is 4.42 Å². The van der Waals surface area contributed by atoms with E-state index in [2.05, 4.69) is 0 Å². The molecule has 16 heavy (non-hydrogen) atoms. The monoisotopic (exact) mass is 224 g/mol. The Hall–Kier alpha value is -1.68. The Balaban J connectivity index is 2.32. The average Bonchev–Trinajstić information content (AvgIpc) is 2.82. The summed E-state index contributed by atoms with van der Waals surface area (Å²) in [6.45, 7) is 0. The van der Waals surface area contributed by atoms with Gasteiger partial charge in [-0.05, 0) is 12.1 Å². The third kappa shape index (κ3) is 1.84. The van der Waals surface area contributed by atoms with E-state index in [1.54, 1.807) is 6.07 Å². The normalized spacial score (nSPS) is 13.7. The van der Waals surface area contributed by atoms with E-state index in [1.807, 2.05) is 0 Å². The largest absolute Gasteiger partial charge is 0.466 e. The quantitative estimate of drug-likeness (QED) is 0.869. The minimum Gasteiger partial charge on any atom is -0.466 e. The molecule has 1 heterocycles. The summed E-state index contributed by atoms with van der Waals surface area (Å²) >= 11 is 0. The van der Waals surface area contributed by atoms with Crippen molar-refractivity contribution in [1.82, 2.24) is 0 Å². The predicted octanol–water partition coefficient (Wildman–Crippen LogP) is 3.11. The molecule has 0 saturated heterocycles. The molecule has 2 nitrogen and oxygen atoms in total. The van der Waals surface area contributed by atoms with Crippen LogP contribution >= 0.6 is 0 Å². The van der Waals surface area contributed by atoms with Gasteiger partial charge in [-0.2, -0.15) is 8.78 Å². The van der Waals surface area contributed by atoms with Gasteiger partial charge in [-0.15, -0.1) is 0 Å². The number of hydrogen-bond acceptors (Lipinski definition) is 2. The lowest BCUT2D eigenvalue weighted by Gasteiger charge is -2.21. The first kappa shape index (κ1) is 10.8. The molecule has 1 unspecified atom stereocenters. The van der Waals surface area contributed by atoms with Crippen LogP contribution in [0.15, 0.2) is 53.1 Å². The Labute approximate surface area is 91.1 Å². The highest BCUT2D eigenvalue weighted by Gasteiger charge is 2.42. The number of halogens is 2. The van der Waals surface area contributed by atoms with Crippen LogP contribution in [0.5, 0.6) is 0 Å². The van der Waals surface area contributed by atoms with Crippen molar-refractivity contribution in [1.29, 1.82) is 0 Å². The first-order chi connectivity index (χ1) is 7.62. The van der Waals surface area contributed by atoms with Gasteiger partial charge in [0.05, 0.1) is 6.26 Å². The van der Waals surface area contributed by atoms with Crippen molar-refractivity contribution >= 4 is 0 Å². The molecule has 0 saturated carbocycles. The fourth-order valence-corrected chi connectivity index (χ4v) is 1.44. The van der Waals surface area contributed by atoms with E-state index in [0.29, 0.717) is 0 Å². The summed E-state index contributed by atoms with van der Waals surface area (Å²) in [5, 5.41) is 9.55. The Morgan fingerprint density at radius 2 is 1.75 bits per heavy atom. The number of aliphatic hydroxyl groups is 1. The van der Waals surface area contributed by atoms with Crippen LogP contribution in [0.25, 0.3) is 0 Å². The van der Waals surface area contributed by atoms with Gasteiger partial charge in [0.25, 0.3) is 0 Å². The summed E-state index contributed by atoms with van der Waals surface area (Å²) in [5.74, 6) is -3.51. The SMILES string of the molecule is OC(c1ccco1)C(F)(F)c1ccccc1. The number of hydrogen-bond donors (Lipinski definition) is 1. The second kappa shape index (κ2) is 4.06. The van der Waals surface area contributed by atoms with E-state index in [1.165, 1.54) is 42.7 Å². The van der Waals surface area contributed by atoms with E-state index in [0.717, 1.165) is 0 Å². The van der Waals surface area contributed by atoms with Crippen LogP contribution in [0.3, 0.4) is 0 Å². The molecule has 1 N–H and O–H groups in total. The zero-order valence-corrected chi connectivity index (χ0v) is 8.31. The van der Waals surface area contributed by atoms with E-state index in [-0.39, 0.29) is 11.3 Å². The topological polar surface area (TPSA) is 33.4 Å². The van der Waals surface area contributed by atoms with Gasteiger partial charge in [0.1, 0.15) is 5.76 Å². The first-order valence-electron chi connectivity index (χ1n) is 4.77. The van der Waals surface area contributed by atoms with Gasteiger partial charge in [0.2, 0.25) is 0 Å². The Kier molecular flexibility index (Phi) is 2.75. The number of furan rings is 1. The standard InChI is InChI=1S/C12H10F2O2/c13-12(14,9-5-2-1-3-6-9)11(15)10-7-4-8-16-10/h1-8,11,15H. The van der Waals surface area contributed by atoms with Crippen molar-refractivity contribution in [3.63, 3.8) is 0 Å². The molecule has 0 fully saturated rings. The summed E-state index contributed by atoms with van der Waals surface area (Å²) in [7, 11) is 0. The average molecular weight is 224 g/mol. The number of aliphatic hydroxyl groups excluding tert-OH is 1. The van der Waals surface area contributed by atoms with Crippen molar-refractivity contribution < 1.29 is 18.3 Å². The molecule has 0 spiro atoms. The van der Waals surface area contributed by atoms with Crippen LogP contribution in [-0.4, -0.2) is 5.11 Å². The summed E-state index contributed by atoms with van der Waals surface area (Å²) in [6.07, 6.45) is -0.718. The fraction of sp³-hybridized carbons (Fsp3) is 0.167. The zero-order valence-electron chi connectivity index (χ0n) is 8.31. The summed E-state index contributed by atoms with van der Waals surface area (Å²) < 4.78 is 32.4. The number of alkyl halides is 2. The lowest BCUT2D eigenvalue weighted by atomic mass is 10.0. The minimum atomic E-state index is -3.36.